The minimum atomic E-state index is -0.626. The lowest BCUT2D eigenvalue weighted by Crippen LogP contribution is -2.36. The molecule has 2 N–H and O–H groups in total. The highest BCUT2D eigenvalue weighted by atomic mass is 16.5. The molecule has 2 unspecified atom stereocenters. The molecule has 0 aliphatic carbocycles. The van der Waals surface area contributed by atoms with Gasteiger partial charge in [-0.25, -0.2) is 9.97 Å². The Morgan fingerprint density at radius 2 is 2.29 bits per heavy atom. The van der Waals surface area contributed by atoms with E-state index in [9.17, 15) is 15.2 Å². The van der Waals surface area contributed by atoms with Crippen molar-refractivity contribution in [3.05, 3.63) is 47.3 Å². The Bertz CT molecular complexity index is 1300. The van der Waals surface area contributed by atoms with E-state index in [2.05, 4.69) is 26.5 Å². The molecule has 4 heterocycles. The number of nitrogens with zero attached hydrogens (tertiary/aromatic N) is 6. The third-order valence-electron chi connectivity index (χ3n) is 6.37. The number of ether oxygens (including phenoxy) is 1. The first-order valence-corrected chi connectivity index (χ1v) is 11.0. The number of aliphatic hydroxyl groups excluding tert-OH is 1. The van der Waals surface area contributed by atoms with Crippen LogP contribution in [-0.4, -0.2) is 58.2 Å². The predicted molar refractivity (Wildman–Crippen MR) is 126 cm³/mol. The van der Waals surface area contributed by atoms with Crippen molar-refractivity contribution < 1.29 is 14.6 Å². The van der Waals surface area contributed by atoms with Gasteiger partial charge in [-0.3, -0.25) is 4.68 Å². The molecule has 1 radical (unpaired) electrons. The summed E-state index contributed by atoms with van der Waals surface area (Å²) in [5, 5.41) is 27.7. The molecule has 0 bridgehead atoms. The van der Waals surface area contributed by atoms with Gasteiger partial charge in [0.25, 0.3) is 0 Å². The van der Waals surface area contributed by atoms with Crippen LogP contribution in [0.3, 0.4) is 0 Å². The number of carbonyl (C=O) groups excluding carboxylic acids is 1. The monoisotopic (exact) mass is 456 g/mol. The highest BCUT2D eigenvalue weighted by molar-refractivity contribution is 6.70. The number of benzene rings is 1. The van der Waals surface area contributed by atoms with Crippen LogP contribution >= 0.6 is 0 Å². The summed E-state index contributed by atoms with van der Waals surface area (Å²) in [4.78, 5) is 21.8. The van der Waals surface area contributed by atoms with Crippen molar-refractivity contribution in [1.29, 1.82) is 5.26 Å². The van der Waals surface area contributed by atoms with Gasteiger partial charge in [0.15, 0.2) is 5.82 Å². The predicted octanol–water partition coefficient (Wildman–Crippen LogP) is 1.93. The van der Waals surface area contributed by atoms with Crippen molar-refractivity contribution in [1.82, 2.24) is 19.7 Å². The molecular formula is C23H23BN7O3. The van der Waals surface area contributed by atoms with Crippen molar-refractivity contribution >= 4 is 31.1 Å². The molecule has 2 aromatic heterocycles. The van der Waals surface area contributed by atoms with E-state index in [-0.39, 0.29) is 12.7 Å². The maximum Gasteiger partial charge on any atom is 0.329 e. The first-order chi connectivity index (χ1) is 16.5. The molecule has 0 saturated carbocycles. The van der Waals surface area contributed by atoms with Gasteiger partial charge in [0.1, 0.15) is 12.3 Å². The Kier molecular flexibility index (Phi) is 5.55. The largest absolute Gasteiger partial charge is 0.410 e. The fraction of sp³-hybridized carbons (Fsp3) is 0.348. The number of rotatable bonds is 6. The fourth-order valence-corrected chi connectivity index (χ4v) is 4.61. The molecule has 2 aliphatic rings. The van der Waals surface area contributed by atoms with Gasteiger partial charge in [-0.2, -0.15) is 10.4 Å². The first-order valence-electron chi connectivity index (χ1n) is 11.0. The number of nitrogens with one attached hydrogen (secondary N) is 1. The molecular weight excluding hydrogens is 433 g/mol. The number of anilines is 3. The maximum absolute atomic E-state index is 11.1. The molecule has 0 amide bonds. The van der Waals surface area contributed by atoms with Gasteiger partial charge >= 0.3 is 7.41 Å². The number of carbonyl (C=O) groups is 1. The summed E-state index contributed by atoms with van der Waals surface area (Å²) in [6.07, 6.45) is 2.30. The Morgan fingerprint density at radius 1 is 1.44 bits per heavy atom. The molecule has 11 heteroatoms. The van der Waals surface area contributed by atoms with Crippen LogP contribution in [0.15, 0.2) is 30.5 Å². The number of aliphatic hydroxyl groups is 1. The molecule has 2 atom stereocenters. The fourth-order valence-electron chi connectivity index (χ4n) is 4.61. The average Bonchev–Trinajstić information content (AvgIpc) is 3.38. The molecule has 0 fully saturated rings. The lowest BCUT2D eigenvalue weighted by atomic mass is 9.83. The third-order valence-corrected chi connectivity index (χ3v) is 6.37. The van der Waals surface area contributed by atoms with Gasteiger partial charge in [-0.1, -0.05) is 6.92 Å². The number of fused-ring (bicyclic) bond motifs is 2. The van der Waals surface area contributed by atoms with Crippen LogP contribution in [-0.2, 0) is 21.5 Å². The van der Waals surface area contributed by atoms with Crippen LogP contribution < -0.4 is 10.1 Å². The average molecular weight is 456 g/mol. The van der Waals surface area contributed by atoms with E-state index < -0.39 is 5.41 Å². The highest BCUT2D eigenvalue weighted by Gasteiger charge is 2.40. The van der Waals surface area contributed by atoms with Gasteiger partial charge in [0.05, 0.1) is 42.8 Å². The first kappa shape index (κ1) is 22.1. The van der Waals surface area contributed by atoms with Crippen LogP contribution in [0, 0.1) is 11.3 Å². The molecule has 171 valence electrons. The van der Waals surface area contributed by atoms with Gasteiger partial charge in [0, 0.05) is 35.5 Å². The number of nitriles is 1. The van der Waals surface area contributed by atoms with E-state index in [1.807, 2.05) is 30.7 Å². The summed E-state index contributed by atoms with van der Waals surface area (Å²) in [7, 11) is 1.39. The summed E-state index contributed by atoms with van der Waals surface area (Å²) >= 11 is 0. The minimum Gasteiger partial charge on any atom is -0.410 e. The maximum atomic E-state index is 11.1. The van der Waals surface area contributed by atoms with E-state index in [1.165, 1.54) is 7.41 Å². The van der Waals surface area contributed by atoms with Crippen LogP contribution in [0.4, 0.5) is 17.5 Å². The second kappa shape index (κ2) is 8.55. The molecule has 0 saturated heterocycles. The summed E-state index contributed by atoms with van der Waals surface area (Å²) in [5.74, 6) is 1.01. The van der Waals surface area contributed by atoms with Gasteiger partial charge in [-0.15, -0.1) is 0 Å². The van der Waals surface area contributed by atoms with Crippen LogP contribution in [0.5, 0.6) is 0 Å². The topological polar surface area (TPSA) is 129 Å². The van der Waals surface area contributed by atoms with Crippen LogP contribution in [0.1, 0.15) is 36.8 Å². The molecule has 3 aromatic rings. The lowest BCUT2D eigenvalue weighted by molar-refractivity contribution is 0.0289. The van der Waals surface area contributed by atoms with Crippen LogP contribution in [0.25, 0.3) is 11.3 Å². The zero-order valence-electron chi connectivity index (χ0n) is 18.9. The summed E-state index contributed by atoms with van der Waals surface area (Å²) in [6, 6.07) is 9.59. The molecule has 10 nitrogen and oxygen atoms in total. The van der Waals surface area contributed by atoms with Gasteiger partial charge < -0.3 is 24.8 Å². The van der Waals surface area contributed by atoms with E-state index in [0.717, 1.165) is 16.8 Å². The Hall–Kier alpha value is -3.75. The van der Waals surface area contributed by atoms with E-state index in [4.69, 9.17) is 4.74 Å². The number of hydrogen-bond acceptors (Lipinski definition) is 9. The second-order valence-electron chi connectivity index (χ2n) is 8.74. The molecule has 34 heavy (non-hydrogen) atoms. The van der Waals surface area contributed by atoms with Crippen molar-refractivity contribution in [2.75, 3.05) is 29.9 Å². The third kappa shape index (κ3) is 3.71. The molecule has 5 rings (SSSR count). The zero-order valence-corrected chi connectivity index (χ0v) is 18.9. The standard InChI is InChI=1S/C23H23BN7O3/c1-14-19-9-20(29-31(19)5-6-34-14)28-22-26-4-3-18(27-22)15-7-16(10-25)21-17(8-15)23(2,12-32)11-30(21)24-13-33/h3-4,7-9,13-14,32H,5-6,11-12H2,1-2H3,(H,26,27,28,29). The smallest absolute Gasteiger partial charge is 0.329 e. The second-order valence-corrected chi connectivity index (χ2v) is 8.74. The van der Waals surface area contributed by atoms with Gasteiger partial charge in [-0.05, 0) is 30.7 Å². The quantitative estimate of drug-likeness (QED) is 0.422. The summed E-state index contributed by atoms with van der Waals surface area (Å²) in [5.41, 5.74) is 3.55. The molecule has 2 aliphatic heterocycles. The van der Waals surface area contributed by atoms with E-state index in [0.29, 0.717) is 54.6 Å². The van der Waals surface area contributed by atoms with E-state index in [1.54, 1.807) is 23.1 Å². The number of aromatic nitrogens is 4. The Morgan fingerprint density at radius 3 is 3.03 bits per heavy atom. The SMILES string of the molecule is CC1OCCn2nc(Nc3nccc(-c4cc(C#N)c5c(c4)C(C)(CO)CN5[B]C=O)n3)cc21. The zero-order chi connectivity index (χ0) is 23.9. The molecule has 1 aromatic carbocycles. The summed E-state index contributed by atoms with van der Waals surface area (Å²) < 4.78 is 7.58. The Balaban J connectivity index is 1.51. The number of hydrogen-bond donors (Lipinski definition) is 2. The van der Waals surface area contributed by atoms with E-state index >= 15 is 0 Å². The summed E-state index contributed by atoms with van der Waals surface area (Å²) in [6.45, 7) is 5.49. The Labute approximate surface area is 197 Å². The lowest BCUT2D eigenvalue weighted by Gasteiger charge is -2.23. The normalized spacial score (nSPS) is 20.9. The van der Waals surface area contributed by atoms with Crippen LogP contribution in [0.2, 0.25) is 0 Å². The van der Waals surface area contributed by atoms with Crippen molar-refractivity contribution in [2.24, 2.45) is 0 Å². The van der Waals surface area contributed by atoms with Gasteiger partial charge in [0.2, 0.25) is 5.95 Å². The van der Waals surface area contributed by atoms with Crippen molar-refractivity contribution in [2.45, 2.75) is 31.9 Å². The van der Waals surface area contributed by atoms with Crippen molar-refractivity contribution in [3.8, 4) is 17.3 Å². The highest BCUT2D eigenvalue weighted by Crippen LogP contribution is 2.44. The molecule has 0 spiro atoms. The minimum absolute atomic E-state index is 0.0308. The van der Waals surface area contributed by atoms with Crippen molar-refractivity contribution in [3.63, 3.8) is 0 Å².